The highest BCUT2D eigenvalue weighted by Gasteiger charge is 2.45. The van der Waals surface area contributed by atoms with Crippen molar-refractivity contribution < 1.29 is 28.7 Å². The molecule has 0 saturated heterocycles. The Balaban J connectivity index is 2.82. The Hall–Kier alpha value is -2.48. The average molecular weight is 332 g/mol. The van der Waals surface area contributed by atoms with Crippen molar-refractivity contribution in [3.63, 3.8) is 0 Å². The Bertz CT molecular complexity index is 679. The molecule has 2 rings (SSSR count). The van der Waals surface area contributed by atoms with Crippen molar-refractivity contribution in [1.82, 2.24) is 0 Å². The Morgan fingerprint density at radius 3 is 1.43 bits per heavy atom. The van der Waals surface area contributed by atoms with Gasteiger partial charge < -0.3 is 19.1 Å². The first kappa shape index (κ1) is 16.9. The maximum atomic E-state index is 11.5. The lowest BCUT2D eigenvalue weighted by Crippen LogP contribution is -2.64. The second kappa shape index (κ2) is 6.74. The van der Waals surface area contributed by atoms with E-state index in [4.69, 9.17) is 8.85 Å². The van der Waals surface area contributed by atoms with E-state index >= 15 is 0 Å². The van der Waals surface area contributed by atoms with Gasteiger partial charge >= 0.3 is 20.5 Å². The van der Waals surface area contributed by atoms with Gasteiger partial charge in [-0.1, -0.05) is 36.4 Å². The van der Waals surface area contributed by atoms with Gasteiger partial charge in [0.1, 0.15) is 0 Å². The Morgan fingerprint density at radius 1 is 0.783 bits per heavy atom. The number of hydrogen-bond acceptors (Lipinski definition) is 4. The van der Waals surface area contributed by atoms with E-state index in [-0.39, 0.29) is 11.1 Å². The molecule has 0 spiro atoms. The van der Waals surface area contributed by atoms with E-state index in [1.165, 1.54) is 26.4 Å². The summed E-state index contributed by atoms with van der Waals surface area (Å²) in [7, 11) is -0.680. The zero-order valence-corrected chi connectivity index (χ0v) is 13.6. The lowest BCUT2D eigenvalue weighted by Gasteiger charge is -2.30. The molecule has 23 heavy (non-hydrogen) atoms. The number of aromatic carboxylic acids is 2. The number of carboxylic acids is 2. The van der Waals surface area contributed by atoms with Crippen molar-refractivity contribution in [3.8, 4) is 0 Å². The van der Waals surface area contributed by atoms with Crippen LogP contribution in [0.2, 0.25) is 0 Å². The molecule has 0 saturated carbocycles. The Labute approximate surface area is 134 Å². The van der Waals surface area contributed by atoms with Gasteiger partial charge in [0.2, 0.25) is 0 Å². The predicted molar refractivity (Wildman–Crippen MR) is 85.8 cm³/mol. The van der Waals surface area contributed by atoms with Gasteiger partial charge in [-0.2, -0.15) is 0 Å². The van der Waals surface area contributed by atoms with Crippen LogP contribution in [0.1, 0.15) is 20.7 Å². The van der Waals surface area contributed by atoms with Gasteiger partial charge in [0.15, 0.2) is 0 Å². The third kappa shape index (κ3) is 2.89. The number of benzene rings is 2. The van der Waals surface area contributed by atoms with Gasteiger partial charge in [-0.25, -0.2) is 9.59 Å². The van der Waals surface area contributed by atoms with Crippen LogP contribution in [0.5, 0.6) is 0 Å². The van der Waals surface area contributed by atoms with Crippen LogP contribution in [0.3, 0.4) is 0 Å². The summed E-state index contributed by atoms with van der Waals surface area (Å²) in [6.45, 7) is 0. The topological polar surface area (TPSA) is 93.1 Å². The average Bonchev–Trinajstić information content (AvgIpc) is 2.57. The molecule has 6 nitrogen and oxygen atoms in total. The summed E-state index contributed by atoms with van der Waals surface area (Å²) in [4.78, 5) is 23.1. The van der Waals surface area contributed by atoms with E-state index in [1.54, 1.807) is 36.4 Å². The molecule has 0 amide bonds. The molecule has 2 aromatic rings. The molecule has 0 fully saturated rings. The van der Waals surface area contributed by atoms with Crippen molar-refractivity contribution in [3.05, 3.63) is 59.7 Å². The van der Waals surface area contributed by atoms with E-state index in [1.807, 2.05) is 0 Å². The largest absolute Gasteiger partial charge is 0.478 e. The maximum absolute atomic E-state index is 11.5. The van der Waals surface area contributed by atoms with Crippen molar-refractivity contribution in [2.24, 2.45) is 0 Å². The first-order chi connectivity index (χ1) is 11.0. The highest BCUT2D eigenvalue weighted by molar-refractivity contribution is 6.93. The second-order valence-corrected chi connectivity index (χ2v) is 7.85. The number of carboxylic acid groups (broad SMARTS) is 2. The second-order valence-electron chi connectivity index (χ2n) is 4.73. The summed E-state index contributed by atoms with van der Waals surface area (Å²) < 4.78 is 11.3. The normalized spacial score (nSPS) is 11.2. The fourth-order valence-corrected chi connectivity index (χ4v) is 5.64. The molecule has 0 unspecified atom stereocenters. The van der Waals surface area contributed by atoms with E-state index < -0.39 is 20.5 Å². The van der Waals surface area contributed by atoms with Crippen LogP contribution in [0.25, 0.3) is 0 Å². The van der Waals surface area contributed by atoms with Crippen LogP contribution in [0, 0.1) is 0 Å². The number of carbonyl (C=O) groups is 2. The number of rotatable bonds is 6. The first-order valence-electron chi connectivity index (χ1n) is 6.73. The van der Waals surface area contributed by atoms with Crippen LogP contribution in [0.15, 0.2) is 48.5 Å². The van der Waals surface area contributed by atoms with Crippen LogP contribution in [-0.2, 0) is 8.85 Å². The fourth-order valence-electron chi connectivity index (χ4n) is 2.58. The monoisotopic (exact) mass is 332 g/mol. The Morgan fingerprint density at radius 2 is 1.13 bits per heavy atom. The fraction of sp³-hybridized carbons (Fsp3) is 0.125. The summed E-state index contributed by atoms with van der Waals surface area (Å²) in [6, 6.07) is 12.6. The summed E-state index contributed by atoms with van der Waals surface area (Å²) in [6.07, 6.45) is 0. The SMILES string of the molecule is CO[Si](OC)(c1ccccc1C(=O)O)c1ccccc1C(=O)O. The maximum Gasteiger partial charge on any atom is 0.408 e. The van der Waals surface area contributed by atoms with Gasteiger partial charge in [-0.05, 0) is 12.1 Å². The minimum absolute atomic E-state index is 0.0306. The van der Waals surface area contributed by atoms with Crippen molar-refractivity contribution in [2.45, 2.75) is 0 Å². The summed E-state index contributed by atoms with van der Waals surface area (Å²) in [5, 5.41) is 19.6. The molecule has 0 atom stereocenters. The lowest BCUT2D eigenvalue weighted by molar-refractivity contribution is 0.0688. The standard InChI is InChI=1S/C16H16O6Si/c1-21-23(22-2,13-9-5-3-7-11(13)15(17)18)14-10-6-4-8-12(14)16(19)20/h3-10H,1-2H3,(H,17,18)(H,19,20). The molecule has 0 radical (unpaired) electrons. The molecule has 0 aromatic heterocycles. The molecule has 0 aliphatic heterocycles. The van der Waals surface area contributed by atoms with Crippen LogP contribution < -0.4 is 10.4 Å². The lowest BCUT2D eigenvalue weighted by atomic mass is 10.2. The third-order valence-corrected chi connectivity index (χ3v) is 7.04. The van der Waals surface area contributed by atoms with Gasteiger partial charge in [0.25, 0.3) is 0 Å². The quantitative estimate of drug-likeness (QED) is 0.765. The zero-order valence-electron chi connectivity index (χ0n) is 12.6. The zero-order chi connectivity index (χ0) is 17.0. The van der Waals surface area contributed by atoms with Crippen molar-refractivity contribution in [2.75, 3.05) is 14.2 Å². The Kier molecular flexibility index (Phi) is 4.94. The summed E-state index contributed by atoms with van der Waals surface area (Å²) in [5.74, 6) is -2.25. The van der Waals surface area contributed by atoms with Crippen molar-refractivity contribution >= 4 is 30.9 Å². The predicted octanol–water partition coefficient (Wildman–Crippen LogP) is 0.932. The van der Waals surface area contributed by atoms with E-state index in [0.717, 1.165) is 0 Å². The molecule has 0 heterocycles. The molecule has 2 aromatic carbocycles. The van der Waals surface area contributed by atoms with Crippen LogP contribution in [0.4, 0.5) is 0 Å². The molecule has 0 aliphatic rings. The third-order valence-electron chi connectivity index (χ3n) is 3.60. The molecule has 0 bridgehead atoms. The minimum Gasteiger partial charge on any atom is -0.478 e. The molecule has 0 aliphatic carbocycles. The van der Waals surface area contributed by atoms with Gasteiger partial charge in [0, 0.05) is 24.6 Å². The summed E-state index contributed by atoms with van der Waals surface area (Å²) >= 11 is 0. The molecular weight excluding hydrogens is 316 g/mol. The van der Waals surface area contributed by atoms with Crippen molar-refractivity contribution in [1.29, 1.82) is 0 Å². The highest BCUT2D eigenvalue weighted by atomic mass is 28.4. The van der Waals surface area contributed by atoms with Crippen LogP contribution >= 0.6 is 0 Å². The van der Waals surface area contributed by atoms with E-state index in [2.05, 4.69) is 0 Å². The number of hydrogen-bond donors (Lipinski definition) is 2. The highest BCUT2D eigenvalue weighted by Crippen LogP contribution is 2.14. The van der Waals surface area contributed by atoms with Gasteiger partial charge in [-0.3, -0.25) is 0 Å². The molecule has 7 heteroatoms. The molecular formula is C16H16O6Si. The first-order valence-corrected chi connectivity index (χ1v) is 8.55. The smallest absolute Gasteiger partial charge is 0.408 e. The summed E-state index contributed by atoms with van der Waals surface area (Å²) in [5.41, 5.74) is 0.0612. The van der Waals surface area contributed by atoms with Gasteiger partial charge in [-0.15, -0.1) is 0 Å². The van der Waals surface area contributed by atoms with Crippen LogP contribution in [-0.4, -0.2) is 44.9 Å². The molecule has 120 valence electrons. The van der Waals surface area contributed by atoms with E-state index in [9.17, 15) is 19.8 Å². The van der Waals surface area contributed by atoms with E-state index in [0.29, 0.717) is 10.4 Å². The van der Waals surface area contributed by atoms with Gasteiger partial charge in [0.05, 0.1) is 11.1 Å². The minimum atomic E-state index is -3.47. The molecule has 2 N–H and O–H groups in total.